The second-order valence-electron chi connectivity index (χ2n) is 8.80. The number of Topliss-reactive ketones (excluding diaryl/α,β-unsaturated/α-hetero) is 1. The molecule has 0 aliphatic carbocycles. The Labute approximate surface area is 199 Å². The lowest BCUT2D eigenvalue weighted by Gasteiger charge is -2.13. The summed E-state index contributed by atoms with van der Waals surface area (Å²) in [5.74, 6) is 0.534. The molecule has 0 fully saturated rings. The van der Waals surface area contributed by atoms with Crippen LogP contribution in [0.15, 0.2) is 48.5 Å². The van der Waals surface area contributed by atoms with E-state index in [4.69, 9.17) is 9.47 Å². The van der Waals surface area contributed by atoms with Gasteiger partial charge >= 0.3 is 5.97 Å². The Hall–Kier alpha value is -2.62. The van der Waals surface area contributed by atoms with Gasteiger partial charge in [-0.2, -0.15) is 0 Å². The maximum Gasteiger partial charge on any atom is 0.338 e. The predicted octanol–water partition coefficient (Wildman–Crippen LogP) is 7.59. The first-order valence-electron chi connectivity index (χ1n) is 12.6. The Morgan fingerprint density at radius 3 is 2.00 bits per heavy atom. The van der Waals surface area contributed by atoms with Crippen molar-refractivity contribution in [2.45, 2.75) is 91.1 Å². The Balaban J connectivity index is 1.79. The molecule has 0 heterocycles. The van der Waals surface area contributed by atoms with Crippen molar-refractivity contribution in [1.29, 1.82) is 0 Å². The van der Waals surface area contributed by atoms with Gasteiger partial charge in [0.2, 0.25) is 0 Å². The Morgan fingerprint density at radius 2 is 1.36 bits per heavy atom. The maximum absolute atomic E-state index is 12.6. The van der Waals surface area contributed by atoms with Crippen LogP contribution in [-0.4, -0.2) is 24.5 Å². The molecule has 1 unspecified atom stereocenters. The average molecular weight is 453 g/mol. The van der Waals surface area contributed by atoms with Gasteiger partial charge in [0.1, 0.15) is 5.75 Å². The monoisotopic (exact) mass is 452 g/mol. The number of hydrogen-bond donors (Lipinski definition) is 0. The van der Waals surface area contributed by atoms with Gasteiger partial charge in [-0.15, -0.1) is 0 Å². The van der Waals surface area contributed by atoms with E-state index in [1.807, 2.05) is 43.3 Å². The normalized spacial score (nSPS) is 11.7. The predicted molar refractivity (Wildman–Crippen MR) is 134 cm³/mol. The van der Waals surface area contributed by atoms with E-state index in [0.29, 0.717) is 24.2 Å². The van der Waals surface area contributed by atoms with Gasteiger partial charge in [-0.05, 0) is 68.1 Å². The van der Waals surface area contributed by atoms with Gasteiger partial charge in [-0.25, -0.2) is 4.79 Å². The van der Waals surface area contributed by atoms with Gasteiger partial charge in [0.15, 0.2) is 5.78 Å². The molecule has 0 bridgehead atoms. The second-order valence-corrected chi connectivity index (χ2v) is 8.80. The van der Waals surface area contributed by atoms with Gasteiger partial charge in [0.25, 0.3) is 0 Å². The molecule has 1 atom stereocenters. The number of ketones is 1. The van der Waals surface area contributed by atoms with Gasteiger partial charge in [0, 0.05) is 12.0 Å². The molecule has 33 heavy (non-hydrogen) atoms. The molecule has 0 aromatic heterocycles. The van der Waals surface area contributed by atoms with Crippen LogP contribution in [0.5, 0.6) is 5.75 Å². The quantitative estimate of drug-likeness (QED) is 0.150. The van der Waals surface area contributed by atoms with Crippen molar-refractivity contribution in [2.24, 2.45) is 0 Å². The molecule has 2 rings (SSSR count). The summed E-state index contributed by atoms with van der Waals surface area (Å²) in [5, 5.41) is 0. The molecule has 0 N–H and O–H groups in total. The second kappa shape index (κ2) is 15.3. The highest BCUT2D eigenvalue weighted by Crippen LogP contribution is 2.16. The van der Waals surface area contributed by atoms with Crippen molar-refractivity contribution < 1.29 is 19.1 Å². The lowest BCUT2D eigenvalue weighted by Crippen LogP contribution is -2.15. The summed E-state index contributed by atoms with van der Waals surface area (Å²) in [6.45, 7) is 7.03. The van der Waals surface area contributed by atoms with Gasteiger partial charge in [-0.1, -0.05) is 64.5 Å². The van der Waals surface area contributed by atoms with E-state index in [9.17, 15) is 9.59 Å². The number of unbranched alkanes of at least 4 members (excludes halogenated alkanes) is 6. The van der Waals surface area contributed by atoms with Crippen LogP contribution in [-0.2, 0) is 11.2 Å². The number of hydrogen-bond acceptors (Lipinski definition) is 4. The standard InChI is InChI=1S/C29H40O4/c1-4-6-8-10-12-23(3)33-29(31)26-15-13-24(14-16-26)22-28(30)25-17-19-27(20-18-25)32-21-11-9-7-5-2/h13-20,23H,4-12,21-22H2,1-3H3. The van der Waals surface area contributed by atoms with E-state index >= 15 is 0 Å². The first-order chi connectivity index (χ1) is 16.0. The summed E-state index contributed by atoms with van der Waals surface area (Å²) in [6, 6.07) is 14.5. The molecule has 0 radical (unpaired) electrons. The van der Waals surface area contributed by atoms with E-state index in [1.165, 1.54) is 38.5 Å². The summed E-state index contributed by atoms with van der Waals surface area (Å²) in [7, 11) is 0. The largest absolute Gasteiger partial charge is 0.494 e. The highest BCUT2D eigenvalue weighted by atomic mass is 16.5. The van der Waals surface area contributed by atoms with Gasteiger partial charge in [-0.3, -0.25) is 4.79 Å². The lowest BCUT2D eigenvalue weighted by atomic mass is 10.0. The van der Waals surface area contributed by atoms with Gasteiger partial charge < -0.3 is 9.47 Å². The number of ether oxygens (including phenoxy) is 2. The molecule has 0 aliphatic rings. The van der Waals surface area contributed by atoms with Gasteiger partial charge in [0.05, 0.1) is 18.3 Å². The summed E-state index contributed by atoms with van der Waals surface area (Å²) in [6.07, 6.45) is 10.4. The van der Waals surface area contributed by atoms with Crippen molar-refractivity contribution in [3.05, 3.63) is 65.2 Å². The van der Waals surface area contributed by atoms with Crippen LogP contribution in [0.1, 0.15) is 105 Å². The smallest absolute Gasteiger partial charge is 0.338 e. The summed E-state index contributed by atoms with van der Waals surface area (Å²) in [4.78, 5) is 25.0. The number of carbonyl (C=O) groups excluding carboxylic acids is 2. The summed E-state index contributed by atoms with van der Waals surface area (Å²) < 4.78 is 11.3. The van der Waals surface area contributed by atoms with Crippen LogP contribution in [0.3, 0.4) is 0 Å². The minimum Gasteiger partial charge on any atom is -0.494 e. The fraction of sp³-hybridized carbons (Fsp3) is 0.517. The Morgan fingerprint density at radius 1 is 0.758 bits per heavy atom. The van der Waals surface area contributed by atoms with Crippen LogP contribution in [0.2, 0.25) is 0 Å². The fourth-order valence-corrected chi connectivity index (χ4v) is 3.67. The number of benzene rings is 2. The number of esters is 1. The first-order valence-corrected chi connectivity index (χ1v) is 12.6. The number of carbonyl (C=O) groups is 2. The molecule has 180 valence electrons. The fourth-order valence-electron chi connectivity index (χ4n) is 3.67. The molecule has 0 saturated carbocycles. The minimum absolute atomic E-state index is 0.0422. The third kappa shape index (κ3) is 10.2. The molecular weight excluding hydrogens is 412 g/mol. The zero-order chi connectivity index (χ0) is 23.9. The molecule has 0 amide bonds. The number of rotatable bonds is 16. The molecule has 4 heteroatoms. The van der Waals surface area contributed by atoms with E-state index in [-0.39, 0.29) is 17.9 Å². The highest BCUT2D eigenvalue weighted by molar-refractivity contribution is 5.97. The topological polar surface area (TPSA) is 52.6 Å². The first kappa shape index (κ1) is 26.6. The van der Waals surface area contributed by atoms with Crippen LogP contribution in [0.25, 0.3) is 0 Å². The third-order valence-corrected chi connectivity index (χ3v) is 5.77. The van der Waals surface area contributed by atoms with Crippen LogP contribution in [0, 0.1) is 0 Å². The van der Waals surface area contributed by atoms with Crippen LogP contribution in [0.4, 0.5) is 0 Å². The molecule has 0 saturated heterocycles. The Bertz CT molecular complexity index is 824. The van der Waals surface area contributed by atoms with E-state index in [2.05, 4.69) is 13.8 Å². The average Bonchev–Trinajstić information content (AvgIpc) is 2.82. The van der Waals surface area contributed by atoms with E-state index in [1.54, 1.807) is 12.1 Å². The van der Waals surface area contributed by atoms with Crippen molar-refractivity contribution in [2.75, 3.05) is 6.61 Å². The van der Waals surface area contributed by atoms with E-state index in [0.717, 1.165) is 30.6 Å². The van der Waals surface area contributed by atoms with Crippen molar-refractivity contribution in [3.63, 3.8) is 0 Å². The minimum atomic E-state index is -0.304. The van der Waals surface area contributed by atoms with Crippen LogP contribution < -0.4 is 4.74 Å². The lowest BCUT2D eigenvalue weighted by molar-refractivity contribution is 0.0319. The summed E-state index contributed by atoms with van der Waals surface area (Å²) >= 11 is 0. The Kier molecular flexibility index (Phi) is 12.3. The van der Waals surface area contributed by atoms with E-state index < -0.39 is 0 Å². The SMILES string of the molecule is CCCCCCOc1ccc(C(=O)Cc2ccc(C(=O)OC(C)CCCCCC)cc2)cc1. The van der Waals surface area contributed by atoms with Crippen molar-refractivity contribution >= 4 is 11.8 Å². The molecule has 2 aromatic rings. The summed E-state index contributed by atoms with van der Waals surface area (Å²) in [5.41, 5.74) is 2.06. The molecule has 0 spiro atoms. The highest BCUT2D eigenvalue weighted by Gasteiger charge is 2.13. The third-order valence-electron chi connectivity index (χ3n) is 5.77. The van der Waals surface area contributed by atoms with Crippen molar-refractivity contribution in [1.82, 2.24) is 0 Å². The van der Waals surface area contributed by atoms with Crippen molar-refractivity contribution in [3.8, 4) is 5.75 Å². The molecule has 0 aliphatic heterocycles. The molecule has 2 aromatic carbocycles. The van der Waals surface area contributed by atoms with Crippen LogP contribution >= 0.6 is 0 Å². The zero-order valence-corrected chi connectivity index (χ0v) is 20.6. The molecular formula is C29H40O4. The molecule has 4 nitrogen and oxygen atoms in total. The zero-order valence-electron chi connectivity index (χ0n) is 20.6. The maximum atomic E-state index is 12.6.